The van der Waals surface area contributed by atoms with Crippen molar-refractivity contribution in [3.05, 3.63) is 39.4 Å². The van der Waals surface area contributed by atoms with Gasteiger partial charge in [0.15, 0.2) is 0 Å². The number of nitro benzene ring substituents is 1. The summed E-state index contributed by atoms with van der Waals surface area (Å²) in [6.07, 6.45) is 0. The van der Waals surface area contributed by atoms with E-state index in [1.54, 1.807) is 6.07 Å². The molecule has 1 aromatic carbocycles. The number of rotatable bonds is 2. The monoisotopic (exact) mass is 194 g/mol. The van der Waals surface area contributed by atoms with Crippen LogP contribution in [-0.4, -0.2) is 4.92 Å². The molecule has 1 rings (SSSR count). The molecule has 0 atom stereocenters. The lowest BCUT2D eigenvalue weighted by Gasteiger charge is -2.21. The van der Waals surface area contributed by atoms with Crippen LogP contribution in [0.15, 0.2) is 18.2 Å². The molecule has 0 unspecified atom stereocenters. The smallest absolute Gasteiger partial charge is 0.269 e. The average Bonchev–Trinajstić information content (AvgIpc) is 2.02. The molecule has 1 aromatic rings. The van der Waals surface area contributed by atoms with Crippen LogP contribution in [0.1, 0.15) is 25.0 Å². The van der Waals surface area contributed by atoms with E-state index in [0.717, 1.165) is 11.1 Å². The van der Waals surface area contributed by atoms with E-state index in [2.05, 4.69) is 0 Å². The second kappa shape index (κ2) is 3.38. The zero-order valence-electron chi connectivity index (χ0n) is 8.57. The molecule has 4 heteroatoms. The number of nitrogens with zero attached hydrogens (tertiary/aromatic N) is 1. The van der Waals surface area contributed by atoms with Crippen LogP contribution in [0.3, 0.4) is 0 Å². The van der Waals surface area contributed by atoms with E-state index >= 15 is 0 Å². The fraction of sp³-hybridized carbons (Fsp3) is 0.400. The molecule has 0 spiro atoms. The van der Waals surface area contributed by atoms with E-state index in [0.29, 0.717) is 0 Å². The molecule has 0 aliphatic heterocycles. The third-order valence-corrected chi connectivity index (χ3v) is 2.13. The minimum Gasteiger partial charge on any atom is -0.322 e. The maximum Gasteiger partial charge on any atom is 0.269 e. The summed E-state index contributed by atoms with van der Waals surface area (Å²) >= 11 is 0. The highest BCUT2D eigenvalue weighted by atomic mass is 16.6. The van der Waals surface area contributed by atoms with Gasteiger partial charge in [0, 0.05) is 17.7 Å². The maximum absolute atomic E-state index is 10.6. The number of non-ortho nitro benzene ring substituents is 1. The lowest BCUT2D eigenvalue weighted by atomic mass is 9.91. The van der Waals surface area contributed by atoms with Crippen LogP contribution >= 0.6 is 0 Å². The number of hydrogen-bond donors (Lipinski definition) is 1. The maximum atomic E-state index is 10.6. The van der Waals surface area contributed by atoms with Gasteiger partial charge in [-0.1, -0.05) is 6.07 Å². The van der Waals surface area contributed by atoms with Crippen LogP contribution in [0.4, 0.5) is 5.69 Å². The molecule has 0 aromatic heterocycles. The Morgan fingerprint density at radius 2 is 2.00 bits per heavy atom. The molecule has 0 aliphatic carbocycles. The highest BCUT2D eigenvalue weighted by Crippen LogP contribution is 2.25. The first-order valence-corrected chi connectivity index (χ1v) is 4.37. The zero-order valence-corrected chi connectivity index (χ0v) is 8.57. The highest BCUT2D eigenvalue weighted by Gasteiger charge is 2.19. The number of nitro groups is 1. The third-order valence-electron chi connectivity index (χ3n) is 2.13. The van der Waals surface area contributed by atoms with Gasteiger partial charge >= 0.3 is 0 Å². The Morgan fingerprint density at radius 1 is 1.43 bits per heavy atom. The van der Waals surface area contributed by atoms with Crippen LogP contribution in [0.25, 0.3) is 0 Å². The van der Waals surface area contributed by atoms with Crippen molar-refractivity contribution in [1.29, 1.82) is 0 Å². The van der Waals surface area contributed by atoms with Gasteiger partial charge in [0.2, 0.25) is 0 Å². The molecule has 4 nitrogen and oxygen atoms in total. The van der Waals surface area contributed by atoms with Crippen LogP contribution in [0.5, 0.6) is 0 Å². The van der Waals surface area contributed by atoms with E-state index in [4.69, 9.17) is 5.73 Å². The Bertz CT molecular complexity index is 367. The van der Waals surface area contributed by atoms with E-state index in [1.807, 2.05) is 20.8 Å². The second-order valence-corrected chi connectivity index (χ2v) is 3.98. The molecule has 0 radical (unpaired) electrons. The Balaban J connectivity index is 3.29. The van der Waals surface area contributed by atoms with Crippen molar-refractivity contribution in [1.82, 2.24) is 0 Å². The molecule has 76 valence electrons. The van der Waals surface area contributed by atoms with E-state index in [1.165, 1.54) is 12.1 Å². The second-order valence-electron chi connectivity index (χ2n) is 3.98. The van der Waals surface area contributed by atoms with Crippen molar-refractivity contribution in [3.63, 3.8) is 0 Å². The van der Waals surface area contributed by atoms with Gasteiger partial charge in [0.1, 0.15) is 0 Å². The predicted molar refractivity (Wildman–Crippen MR) is 55.0 cm³/mol. The van der Waals surface area contributed by atoms with Crippen LogP contribution in [-0.2, 0) is 5.54 Å². The van der Waals surface area contributed by atoms with Crippen molar-refractivity contribution < 1.29 is 4.92 Å². The molecule has 0 saturated carbocycles. The van der Waals surface area contributed by atoms with E-state index in [-0.39, 0.29) is 5.69 Å². The summed E-state index contributed by atoms with van der Waals surface area (Å²) in [5, 5.41) is 10.6. The highest BCUT2D eigenvalue weighted by molar-refractivity contribution is 5.42. The van der Waals surface area contributed by atoms with Crippen LogP contribution < -0.4 is 5.73 Å². The van der Waals surface area contributed by atoms with Gasteiger partial charge < -0.3 is 5.73 Å². The third kappa shape index (κ3) is 2.09. The standard InChI is InChI=1S/C10H14N2O2/c1-7-4-5-8(12(13)14)6-9(7)10(2,3)11/h4-6H,11H2,1-3H3. The topological polar surface area (TPSA) is 69.2 Å². The van der Waals surface area contributed by atoms with Crippen molar-refractivity contribution in [2.24, 2.45) is 5.73 Å². The van der Waals surface area contributed by atoms with Gasteiger partial charge in [0.25, 0.3) is 5.69 Å². The average molecular weight is 194 g/mol. The minimum atomic E-state index is -0.546. The summed E-state index contributed by atoms with van der Waals surface area (Å²) in [5.41, 5.74) is 7.23. The fourth-order valence-electron chi connectivity index (χ4n) is 1.42. The summed E-state index contributed by atoms with van der Waals surface area (Å²) in [7, 11) is 0. The van der Waals surface area contributed by atoms with Gasteiger partial charge in [-0.3, -0.25) is 10.1 Å². The molecule has 0 saturated heterocycles. The van der Waals surface area contributed by atoms with Crippen molar-refractivity contribution in [2.75, 3.05) is 0 Å². The van der Waals surface area contributed by atoms with Crippen LogP contribution in [0.2, 0.25) is 0 Å². The first-order valence-electron chi connectivity index (χ1n) is 4.37. The number of hydrogen-bond acceptors (Lipinski definition) is 3. The van der Waals surface area contributed by atoms with Crippen LogP contribution in [0, 0.1) is 17.0 Å². The van der Waals surface area contributed by atoms with Gasteiger partial charge in [-0.15, -0.1) is 0 Å². The Morgan fingerprint density at radius 3 is 2.43 bits per heavy atom. The first kappa shape index (κ1) is 10.7. The van der Waals surface area contributed by atoms with Crippen molar-refractivity contribution >= 4 is 5.69 Å². The molecule has 0 heterocycles. The Kier molecular flexibility index (Phi) is 2.57. The number of aryl methyl sites for hydroxylation is 1. The van der Waals surface area contributed by atoms with Crippen molar-refractivity contribution in [3.8, 4) is 0 Å². The summed E-state index contributed by atoms with van der Waals surface area (Å²) in [6, 6.07) is 4.75. The van der Waals surface area contributed by atoms with Crippen molar-refractivity contribution in [2.45, 2.75) is 26.3 Å². The molecule has 0 amide bonds. The molecule has 2 N–H and O–H groups in total. The SMILES string of the molecule is Cc1ccc([N+](=O)[O-])cc1C(C)(C)N. The molecular formula is C10H14N2O2. The molecule has 14 heavy (non-hydrogen) atoms. The normalized spacial score (nSPS) is 11.4. The summed E-state index contributed by atoms with van der Waals surface area (Å²) in [6.45, 7) is 5.56. The lowest BCUT2D eigenvalue weighted by Crippen LogP contribution is -2.29. The van der Waals surface area contributed by atoms with Gasteiger partial charge in [-0.05, 0) is 31.9 Å². The Hall–Kier alpha value is -1.42. The van der Waals surface area contributed by atoms with Gasteiger partial charge in [0.05, 0.1) is 4.92 Å². The molecular weight excluding hydrogens is 180 g/mol. The summed E-state index contributed by atoms with van der Waals surface area (Å²) in [4.78, 5) is 10.1. The number of benzene rings is 1. The summed E-state index contributed by atoms with van der Waals surface area (Å²) < 4.78 is 0. The minimum absolute atomic E-state index is 0.0872. The predicted octanol–water partition coefficient (Wildman–Crippen LogP) is 2.10. The van der Waals surface area contributed by atoms with Gasteiger partial charge in [-0.2, -0.15) is 0 Å². The summed E-state index contributed by atoms with van der Waals surface area (Å²) in [5.74, 6) is 0. The lowest BCUT2D eigenvalue weighted by molar-refractivity contribution is -0.385. The zero-order chi connectivity index (χ0) is 10.9. The molecule has 0 fully saturated rings. The quantitative estimate of drug-likeness (QED) is 0.579. The van der Waals surface area contributed by atoms with Gasteiger partial charge in [-0.25, -0.2) is 0 Å². The first-order chi connectivity index (χ1) is 6.32. The van der Waals surface area contributed by atoms with E-state index in [9.17, 15) is 10.1 Å². The molecule has 0 bridgehead atoms. The number of nitrogens with two attached hydrogens (primary N) is 1. The Labute approximate surface area is 82.9 Å². The van der Waals surface area contributed by atoms with E-state index < -0.39 is 10.5 Å². The largest absolute Gasteiger partial charge is 0.322 e. The molecule has 0 aliphatic rings. The fourth-order valence-corrected chi connectivity index (χ4v) is 1.42.